The summed E-state index contributed by atoms with van der Waals surface area (Å²) in [5, 5.41) is 0.633. The molecule has 0 spiro atoms. The Bertz CT molecular complexity index is 598. The van der Waals surface area contributed by atoms with Crippen molar-refractivity contribution in [1.82, 2.24) is 9.97 Å². The molecule has 0 amide bonds. The van der Waals surface area contributed by atoms with Crippen LogP contribution in [0.1, 0.15) is 28.2 Å². The molecule has 0 aliphatic carbocycles. The van der Waals surface area contributed by atoms with Gasteiger partial charge in [-0.2, -0.15) is 11.8 Å². The molecule has 0 atom stereocenters. The number of hydrogen-bond donors (Lipinski definition) is 0. The van der Waals surface area contributed by atoms with Crippen molar-refractivity contribution in [2.45, 2.75) is 24.9 Å². The van der Waals surface area contributed by atoms with E-state index in [1.165, 1.54) is 11.1 Å². The third-order valence-electron chi connectivity index (χ3n) is 3.18. The standard InChI is InChI=1S/C14H13ClN2S/c1-9-4-2-3-5-10(9)6-13-16-12-8-18-7-11(12)14(15)17-13/h2-5H,6-8H2,1H3. The van der Waals surface area contributed by atoms with Crippen LogP contribution in [-0.2, 0) is 17.9 Å². The minimum absolute atomic E-state index is 0.633. The number of rotatable bonds is 2. The van der Waals surface area contributed by atoms with Gasteiger partial charge in [-0.1, -0.05) is 35.9 Å². The highest BCUT2D eigenvalue weighted by atomic mass is 35.5. The van der Waals surface area contributed by atoms with Gasteiger partial charge in [-0.15, -0.1) is 0 Å². The maximum Gasteiger partial charge on any atom is 0.137 e. The molecule has 0 fully saturated rings. The van der Waals surface area contributed by atoms with Crippen molar-refractivity contribution in [3.8, 4) is 0 Å². The van der Waals surface area contributed by atoms with Crippen molar-refractivity contribution in [3.05, 3.63) is 57.6 Å². The van der Waals surface area contributed by atoms with Crippen LogP contribution in [0.5, 0.6) is 0 Å². The minimum atomic E-state index is 0.633. The van der Waals surface area contributed by atoms with Crippen LogP contribution >= 0.6 is 23.4 Å². The molecule has 2 aromatic rings. The summed E-state index contributed by atoms with van der Waals surface area (Å²) in [6.07, 6.45) is 0.754. The first-order valence-corrected chi connectivity index (χ1v) is 7.43. The van der Waals surface area contributed by atoms with Crippen LogP contribution in [0.15, 0.2) is 24.3 Å². The topological polar surface area (TPSA) is 25.8 Å². The smallest absolute Gasteiger partial charge is 0.137 e. The molecule has 4 heteroatoms. The van der Waals surface area contributed by atoms with Crippen LogP contribution in [0.4, 0.5) is 0 Å². The van der Waals surface area contributed by atoms with Gasteiger partial charge in [0, 0.05) is 23.5 Å². The van der Waals surface area contributed by atoms with E-state index < -0.39 is 0 Å². The number of thioether (sulfide) groups is 1. The zero-order valence-corrected chi connectivity index (χ0v) is 11.7. The van der Waals surface area contributed by atoms with Gasteiger partial charge in [-0.3, -0.25) is 0 Å². The molecule has 0 N–H and O–H groups in total. The fourth-order valence-electron chi connectivity index (χ4n) is 2.12. The lowest BCUT2D eigenvalue weighted by Gasteiger charge is -2.07. The second kappa shape index (κ2) is 4.90. The van der Waals surface area contributed by atoms with Crippen molar-refractivity contribution in [2.24, 2.45) is 0 Å². The zero-order valence-electron chi connectivity index (χ0n) is 10.1. The van der Waals surface area contributed by atoms with Gasteiger partial charge in [-0.25, -0.2) is 9.97 Å². The Labute approximate surface area is 116 Å². The Morgan fingerprint density at radius 1 is 1.22 bits per heavy atom. The van der Waals surface area contributed by atoms with E-state index in [9.17, 15) is 0 Å². The Balaban J connectivity index is 1.95. The van der Waals surface area contributed by atoms with E-state index in [2.05, 4.69) is 29.0 Å². The highest BCUT2D eigenvalue weighted by molar-refractivity contribution is 7.98. The monoisotopic (exact) mass is 276 g/mol. The van der Waals surface area contributed by atoms with Crippen LogP contribution in [0.3, 0.4) is 0 Å². The normalized spacial score (nSPS) is 13.7. The summed E-state index contributed by atoms with van der Waals surface area (Å²) < 4.78 is 0. The third-order valence-corrected chi connectivity index (χ3v) is 4.47. The molecule has 1 aliphatic rings. The molecule has 0 unspecified atom stereocenters. The average Bonchev–Trinajstić information content (AvgIpc) is 2.81. The minimum Gasteiger partial charge on any atom is -0.236 e. The first-order chi connectivity index (χ1) is 8.74. The summed E-state index contributed by atoms with van der Waals surface area (Å²) in [6, 6.07) is 8.33. The number of aryl methyl sites for hydroxylation is 1. The molecule has 2 nitrogen and oxygen atoms in total. The van der Waals surface area contributed by atoms with Gasteiger partial charge in [0.2, 0.25) is 0 Å². The molecule has 92 valence electrons. The quantitative estimate of drug-likeness (QED) is 0.781. The second-order valence-corrected chi connectivity index (χ2v) is 5.80. The van der Waals surface area contributed by atoms with Gasteiger partial charge >= 0.3 is 0 Å². The third kappa shape index (κ3) is 2.25. The van der Waals surface area contributed by atoms with Gasteiger partial charge in [0.15, 0.2) is 0 Å². The molecular formula is C14H13ClN2S. The first kappa shape index (κ1) is 12.0. The summed E-state index contributed by atoms with van der Waals surface area (Å²) in [5.41, 5.74) is 4.77. The van der Waals surface area contributed by atoms with Crippen LogP contribution < -0.4 is 0 Å². The van der Waals surface area contributed by atoms with Gasteiger partial charge < -0.3 is 0 Å². The SMILES string of the molecule is Cc1ccccc1Cc1nc(Cl)c2c(n1)CSC2. The van der Waals surface area contributed by atoms with Gasteiger partial charge in [0.1, 0.15) is 11.0 Å². The lowest BCUT2D eigenvalue weighted by atomic mass is 10.1. The average molecular weight is 277 g/mol. The predicted octanol–water partition coefficient (Wildman–Crippen LogP) is 3.78. The molecule has 0 saturated heterocycles. The highest BCUT2D eigenvalue weighted by Gasteiger charge is 2.18. The van der Waals surface area contributed by atoms with Crippen molar-refractivity contribution in [2.75, 3.05) is 0 Å². The largest absolute Gasteiger partial charge is 0.236 e. The molecule has 0 bridgehead atoms. The number of benzene rings is 1. The van der Waals surface area contributed by atoms with E-state index in [1.54, 1.807) is 0 Å². The molecule has 1 aliphatic heterocycles. The van der Waals surface area contributed by atoms with E-state index in [0.29, 0.717) is 5.15 Å². The lowest BCUT2D eigenvalue weighted by Crippen LogP contribution is -2.03. The van der Waals surface area contributed by atoms with Crippen molar-refractivity contribution in [3.63, 3.8) is 0 Å². The Kier molecular flexibility index (Phi) is 3.27. The van der Waals surface area contributed by atoms with E-state index >= 15 is 0 Å². The fourth-order valence-corrected chi connectivity index (χ4v) is 3.51. The molecule has 18 heavy (non-hydrogen) atoms. The first-order valence-electron chi connectivity index (χ1n) is 5.90. The summed E-state index contributed by atoms with van der Waals surface area (Å²) in [7, 11) is 0. The number of hydrogen-bond acceptors (Lipinski definition) is 3. The van der Waals surface area contributed by atoms with Gasteiger partial charge in [0.05, 0.1) is 5.69 Å². The fraction of sp³-hybridized carbons (Fsp3) is 0.286. The molecular weight excluding hydrogens is 264 g/mol. The maximum absolute atomic E-state index is 6.22. The Hall–Kier alpha value is -1.06. The van der Waals surface area contributed by atoms with E-state index in [1.807, 2.05) is 23.9 Å². The summed E-state index contributed by atoms with van der Waals surface area (Å²) >= 11 is 8.06. The number of fused-ring (bicyclic) bond motifs is 1. The Morgan fingerprint density at radius 3 is 2.89 bits per heavy atom. The van der Waals surface area contributed by atoms with Crippen LogP contribution in [0.2, 0.25) is 5.15 Å². The number of nitrogens with zero attached hydrogens (tertiary/aromatic N) is 2. The lowest BCUT2D eigenvalue weighted by molar-refractivity contribution is 0.923. The van der Waals surface area contributed by atoms with E-state index in [-0.39, 0.29) is 0 Å². The zero-order chi connectivity index (χ0) is 12.5. The number of aromatic nitrogens is 2. The maximum atomic E-state index is 6.22. The summed E-state index contributed by atoms with van der Waals surface area (Å²) in [6.45, 7) is 2.11. The van der Waals surface area contributed by atoms with Crippen LogP contribution in [-0.4, -0.2) is 9.97 Å². The predicted molar refractivity (Wildman–Crippen MR) is 76.0 cm³/mol. The molecule has 2 heterocycles. The van der Waals surface area contributed by atoms with Crippen LogP contribution in [0.25, 0.3) is 0 Å². The Morgan fingerprint density at radius 2 is 2.06 bits per heavy atom. The van der Waals surface area contributed by atoms with E-state index in [0.717, 1.165) is 35.0 Å². The van der Waals surface area contributed by atoms with Crippen molar-refractivity contribution >= 4 is 23.4 Å². The van der Waals surface area contributed by atoms with E-state index in [4.69, 9.17) is 11.6 Å². The van der Waals surface area contributed by atoms with Crippen molar-refractivity contribution < 1.29 is 0 Å². The second-order valence-electron chi connectivity index (χ2n) is 4.45. The van der Waals surface area contributed by atoms with Crippen LogP contribution in [0, 0.1) is 6.92 Å². The molecule has 3 rings (SSSR count). The molecule has 0 saturated carbocycles. The molecule has 1 aromatic heterocycles. The summed E-state index contributed by atoms with van der Waals surface area (Å²) in [4.78, 5) is 9.06. The highest BCUT2D eigenvalue weighted by Crippen LogP contribution is 2.32. The van der Waals surface area contributed by atoms with Gasteiger partial charge in [0.25, 0.3) is 0 Å². The molecule has 0 radical (unpaired) electrons. The van der Waals surface area contributed by atoms with Gasteiger partial charge in [-0.05, 0) is 18.1 Å². The number of halogens is 1. The van der Waals surface area contributed by atoms with Crippen molar-refractivity contribution in [1.29, 1.82) is 0 Å². The molecule has 1 aromatic carbocycles. The summed E-state index contributed by atoms with van der Waals surface area (Å²) in [5.74, 6) is 2.73.